The molecule has 1 amide bonds. The molecule has 0 atom stereocenters. The Kier molecular flexibility index (Phi) is 6.86. The summed E-state index contributed by atoms with van der Waals surface area (Å²) in [5, 5.41) is 14.6. The number of nitrogens with zero attached hydrogens (tertiary/aromatic N) is 2. The quantitative estimate of drug-likeness (QED) is 0.339. The zero-order valence-electron chi connectivity index (χ0n) is 21.1. The maximum atomic E-state index is 12.2. The second kappa shape index (κ2) is 10.7. The van der Waals surface area contributed by atoms with Gasteiger partial charge in [0.05, 0.1) is 17.8 Å². The Bertz CT molecular complexity index is 1420. The number of rotatable bonds is 2. The van der Waals surface area contributed by atoms with Crippen LogP contribution in [0.25, 0.3) is 33.4 Å². The van der Waals surface area contributed by atoms with Crippen LogP contribution in [0.2, 0.25) is 0 Å². The van der Waals surface area contributed by atoms with Gasteiger partial charge in [0.1, 0.15) is 12.4 Å². The molecule has 7 rings (SSSR count). The second-order valence-corrected chi connectivity index (χ2v) is 10.0. The van der Waals surface area contributed by atoms with Crippen LogP contribution in [0.4, 0.5) is 0 Å². The minimum Gasteiger partial charge on any atom is -0.491 e. The summed E-state index contributed by atoms with van der Waals surface area (Å²) in [7, 11) is 0. The average molecular weight is 496 g/mol. The van der Waals surface area contributed by atoms with Crippen molar-refractivity contribution >= 4 is 16.9 Å². The van der Waals surface area contributed by atoms with E-state index in [2.05, 4.69) is 50.1 Å². The van der Waals surface area contributed by atoms with E-state index in [9.17, 15) is 4.79 Å². The molecule has 2 aromatic carbocycles. The number of ether oxygens (including phenoxy) is 1. The van der Waals surface area contributed by atoms with E-state index in [1.807, 2.05) is 24.4 Å². The zero-order valence-corrected chi connectivity index (χ0v) is 21.1. The van der Waals surface area contributed by atoms with Crippen LogP contribution < -0.4 is 15.4 Å². The summed E-state index contributed by atoms with van der Waals surface area (Å²) < 4.78 is 5.79. The lowest BCUT2D eigenvalue weighted by atomic mass is 9.96. The summed E-state index contributed by atoms with van der Waals surface area (Å²) in [6.07, 6.45) is 10.9. The zero-order chi connectivity index (χ0) is 25.0. The molecule has 1 saturated heterocycles. The van der Waals surface area contributed by atoms with Crippen LogP contribution in [0.15, 0.2) is 48.7 Å². The second-order valence-electron chi connectivity index (χ2n) is 10.0. The van der Waals surface area contributed by atoms with E-state index >= 15 is 0 Å². The van der Waals surface area contributed by atoms with Crippen molar-refractivity contribution in [2.45, 2.75) is 44.9 Å². The Labute approximate surface area is 217 Å². The first-order valence-electron chi connectivity index (χ1n) is 13.5. The van der Waals surface area contributed by atoms with E-state index < -0.39 is 0 Å². The lowest BCUT2D eigenvalue weighted by Crippen LogP contribution is -2.24. The molecule has 1 fully saturated rings. The van der Waals surface area contributed by atoms with Crippen molar-refractivity contribution in [3.05, 3.63) is 65.4 Å². The molecule has 4 aromatic rings. The molecule has 0 spiro atoms. The maximum Gasteiger partial charge on any atom is 0.255 e. The minimum absolute atomic E-state index is 0.106. The summed E-state index contributed by atoms with van der Waals surface area (Å²) in [5.41, 5.74) is 8.24. The van der Waals surface area contributed by atoms with E-state index in [1.54, 1.807) is 0 Å². The molecule has 7 heteroatoms. The van der Waals surface area contributed by atoms with Gasteiger partial charge in [0.25, 0.3) is 5.91 Å². The highest BCUT2D eigenvalue weighted by atomic mass is 16.5. The first-order chi connectivity index (χ1) is 18.3. The molecule has 2 aromatic heterocycles. The molecule has 2 aliphatic heterocycles. The largest absolute Gasteiger partial charge is 0.491 e. The Morgan fingerprint density at radius 3 is 2.46 bits per heavy atom. The molecule has 190 valence electrons. The lowest BCUT2D eigenvalue weighted by Gasteiger charge is -2.10. The topological polar surface area (TPSA) is 91.9 Å². The highest BCUT2D eigenvalue weighted by Crippen LogP contribution is 2.34. The summed E-state index contributed by atoms with van der Waals surface area (Å²) in [6.45, 7) is 3.46. The fourth-order valence-electron chi connectivity index (χ4n) is 5.40. The number of pyridine rings is 1. The summed E-state index contributed by atoms with van der Waals surface area (Å²) >= 11 is 0. The van der Waals surface area contributed by atoms with Gasteiger partial charge in [0.2, 0.25) is 0 Å². The standard InChI is InChI=1S/C26H24N4O2.C4H9N/c31-26-21-9-8-19(14-23(21)32-11-10-27-26)24-22-13-20(15-28-25(22)30-29-24)18-7-6-16-4-2-1-3-5-17(16)12-18;1-2-4-5-3-1/h6-9,12-15H,1-5,10-11H2,(H,27,31)(H,28,29,30);5H,1-4H2. The van der Waals surface area contributed by atoms with E-state index in [0.717, 1.165) is 28.6 Å². The van der Waals surface area contributed by atoms with Crippen LogP contribution in [0.3, 0.4) is 0 Å². The summed E-state index contributed by atoms with van der Waals surface area (Å²) in [6, 6.07) is 14.6. The van der Waals surface area contributed by atoms with Gasteiger partial charge < -0.3 is 15.4 Å². The molecular weight excluding hydrogens is 462 g/mol. The fraction of sp³-hybridized carbons (Fsp3) is 0.367. The van der Waals surface area contributed by atoms with Crippen molar-refractivity contribution < 1.29 is 9.53 Å². The third-order valence-corrected chi connectivity index (χ3v) is 7.46. The van der Waals surface area contributed by atoms with Crippen LogP contribution in [-0.4, -0.2) is 47.3 Å². The number of H-pyrrole nitrogens is 1. The number of aromatic amines is 1. The summed E-state index contributed by atoms with van der Waals surface area (Å²) in [5.74, 6) is 0.487. The van der Waals surface area contributed by atoms with E-state index in [0.29, 0.717) is 30.1 Å². The van der Waals surface area contributed by atoms with Crippen LogP contribution in [0.1, 0.15) is 53.6 Å². The van der Waals surface area contributed by atoms with Gasteiger partial charge in [-0.2, -0.15) is 5.10 Å². The van der Waals surface area contributed by atoms with Gasteiger partial charge in [0, 0.05) is 22.7 Å². The monoisotopic (exact) mass is 495 g/mol. The minimum atomic E-state index is -0.106. The van der Waals surface area contributed by atoms with Crippen molar-refractivity contribution in [3.8, 4) is 28.1 Å². The van der Waals surface area contributed by atoms with Crippen LogP contribution in [0, 0.1) is 0 Å². The van der Waals surface area contributed by atoms with Gasteiger partial charge >= 0.3 is 0 Å². The molecule has 0 radical (unpaired) electrons. The van der Waals surface area contributed by atoms with E-state index in [4.69, 9.17) is 4.74 Å². The predicted octanol–water partition coefficient (Wildman–Crippen LogP) is 5.05. The molecule has 3 aliphatic rings. The Morgan fingerprint density at radius 1 is 0.784 bits per heavy atom. The molecule has 3 N–H and O–H groups in total. The number of hydrogen-bond donors (Lipinski definition) is 3. The Hall–Kier alpha value is -3.71. The predicted molar refractivity (Wildman–Crippen MR) is 146 cm³/mol. The Balaban J connectivity index is 0.000000453. The van der Waals surface area contributed by atoms with Gasteiger partial charge in [-0.25, -0.2) is 4.98 Å². The van der Waals surface area contributed by atoms with E-state index in [1.165, 1.54) is 68.3 Å². The normalized spacial score (nSPS) is 16.9. The van der Waals surface area contributed by atoms with Crippen molar-refractivity contribution in [2.75, 3.05) is 26.2 Å². The van der Waals surface area contributed by atoms with Crippen molar-refractivity contribution in [1.82, 2.24) is 25.8 Å². The number of carbonyl (C=O) groups excluding carboxylic acids is 1. The molecular formula is C30H33N5O2. The SMILES string of the molecule is C1CCNC1.O=C1NCCOc2cc(-c3[nH]nc4ncc(-c5ccc6c(c5)CCCCC6)cc34)ccc21. The Morgan fingerprint density at radius 2 is 1.62 bits per heavy atom. The van der Waals surface area contributed by atoms with Gasteiger partial charge in [-0.3, -0.25) is 9.89 Å². The van der Waals surface area contributed by atoms with Gasteiger partial charge in [0.15, 0.2) is 5.65 Å². The van der Waals surface area contributed by atoms with Crippen LogP contribution in [-0.2, 0) is 12.8 Å². The average Bonchev–Trinajstić information content (AvgIpc) is 3.56. The molecule has 37 heavy (non-hydrogen) atoms. The van der Waals surface area contributed by atoms with Crippen LogP contribution in [0.5, 0.6) is 5.75 Å². The molecule has 7 nitrogen and oxygen atoms in total. The van der Waals surface area contributed by atoms with Gasteiger partial charge in [-0.1, -0.05) is 30.7 Å². The smallest absolute Gasteiger partial charge is 0.255 e. The molecule has 0 saturated carbocycles. The van der Waals surface area contributed by atoms with Crippen molar-refractivity contribution in [2.24, 2.45) is 0 Å². The van der Waals surface area contributed by atoms with Gasteiger partial charge in [-0.15, -0.1) is 0 Å². The highest BCUT2D eigenvalue weighted by molar-refractivity contribution is 5.99. The number of aromatic nitrogens is 3. The number of fused-ring (bicyclic) bond motifs is 3. The van der Waals surface area contributed by atoms with Gasteiger partial charge in [-0.05, 0) is 86.5 Å². The van der Waals surface area contributed by atoms with E-state index in [-0.39, 0.29) is 5.91 Å². The maximum absolute atomic E-state index is 12.2. The highest BCUT2D eigenvalue weighted by Gasteiger charge is 2.19. The first kappa shape index (κ1) is 23.7. The lowest BCUT2D eigenvalue weighted by molar-refractivity contribution is 0.0957. The molecule has 1 aliphatic carbocycles. The third kappa shape index (κ3) is 5.09. The fourth-order valence-corrected chi connectivity index (χ4v) is 5.40. The number of benzene rings is 2. The first-order valence-corrected chi connectivity index (χ1v) is 13.5. The number of hydrogen-bond acceptors (Lipinski definition) is 5. The number of amides is 1. The number of nitrogens with one attached hydrogen (secondary N) is 3. The third-order valence-electron chi connectivity index (χ3n) is 7.46. The number of carbonyl (C=O) groups is 1. The number of aryl methyl sites for hydroxylation is 2. The summed E-state index contributed by atoms with van der Waals surface area (Å²) in [4.78, 5) is 16.8. The molecule has 0 bridgehead atoms. The van der Waals surface area contributed by atoms with Crippen molar-refractivity contribution in [1.29, 1.82) is 0 Å². The van der Waals surface area contributed by atoms with Crippen molar-refractivity contribution in [3.63, 3.8) is 0 Å². The molecule has 0 unspecified atom stereocenters. The molecule has 4 heterocycles. The van der Waals surface area contributed by atoms with Crippen LogP contribution >= 0.6 is 0 Å².